The van der Waals surface area contributed by atoms with Crippen LogP contribution in [0.1, 0.15) is 25.6 Å². The van der Waals surface area contributed by atoms with E-state index in [0.717, 1.165) is 44.1 Å². The van der Waals surface area contributed by atoms with Crippen molar-refractivity contribution in [1.29, 1.82) is 5.41 Å². The maximum atomic E-state index is 7.72. The summed E-state index contributed by atoms with van der Waals surface area (Å²) in [5.74, 6) is 1.83. The van der Waals surface area contributed by atoms with Gasteiger partial charge < -0.3 is 9.47 Å². The molecule has 4 heteroatoms. The van der Waals surface area contributed by atoms with Gasteiger partial charge in [0.25, 0.3) is 0 Å². The van der Waals surface area contributed by atoms with E-state index >= 15 is 0 Å². The first-order valence-corrected chi connectivity index (χ1v) is 5.13. The van der Waals surface area contributed by atoms with E-state index in [2.05, 4.69) is 21.4 Å². The standard InChI is InChI=1S/C10H16N4/c1-2-13-7-5-12-10(13)8-14-6-3-4-9(14)11/h5,7,11H,2-4,6,8H2,1H3. The third kappa shape index (κ3) is 1.64. The lowest BCUT2D eigenvalue weighted by Gasteiger charge is -2.17. The molecule has 0 spiro atoms. The Kier molecular flexibility index (Phi) is 2.52. The molecule has 0 amide bonds. The summed E-state index contributed by atoms with van der Waals surface area (Å²) in [5.41, 5.74) is 0. The van der Waals surface area contributed by atoms with Crippen LogP contribution in [0.15, 0.2) is 12.4 Å². The summed E-state index contributed by atoms with van der Waals surface area (Å²) in [4.78, 5) is 6.42. The van der Waals surface area contributed by atoms with Gasteiger partial charge in [0.15, 0.2) is 0 Å². The molecule has 2 rings (SSSR count). The smallest absolute Gasteiger partial charge is 0.128 e. The largest absolute Gasteiger partial charge is 0.353 e. The number of nitrogens with zero attached hydrogens (tertiary/aromatic N) is 3. The van der Waals surface area contributed by atoms with E-state index in [1.165, 1.54) is 0 Å². The molecule has 76 valence electrons. The zero-order valence-corrected chi connectivity index (χ0v) is 8.53. The number of hydrogen-bond acceptors (Lipinski definition) is 2. The SMILES string of the molecule is CCn1ccnc1CN1CCCC1=N. The zero-order valence-electron chi connectivity index (χ0n) is 8.53. The van der Waals surface area contributed by atoms with Crippen LogP contribution in [-0.2, 0) is 13.1 Å². The number of hydrogen-bond donors (Lipinski definition) is 1. The Morgan fingerprint density at radius 2 is 2.43 bits per heavy atom. The summed E-state index contributed by atoms with van der Waals surface area (Å²) in [6.07, 6.45) is 5.87. The number of aromatic nitrogens is 2. The van der Waals surface area contributed by atoms with Crippen LogP contribution < -0.4 is 0 Å². The van der Waals surface area contributed by atoms with E-state index in [0.29, 0.717) is 0 Å². The number of amidine groups is 1. The lowest BCUT2D eigenvalue weighted by atomic mass is 10.4. The van der Waals surface area contributed by atoms with Crippen molar-refractivity contribution in [3.63, 3.8) is 0 Å². The molecule has 0 aliphatic carbocycles. The van der Waals surface area contributed by atoms with Crippen molar-refractivity contribution >= 4 is 5.84 Å². The van der Waals surface area contributed by atoms with Gasteiger partial charge in [0.05, 0.1) is 12.4 Å². The highest BCUT2D eigenvalue weighted by molar-refractivity contribution is 5.80. The normalized spacial score (nSPS) is 16.6. The van der Waals surface area contributed by atoms with Gasteiger partial charge in [-0.25, -0.2) is 4.98 Å². The number of imidazole rings is 1. The Morgan fingerprint density at radius 3 is 3.07 bits per heavy atom. The van der Waals surface area contributed by atoms with E-state index in [9.17, 15) is 0 Å². The third-order valence-electron chi connectivity index (χ3n) is 2.70. The van der Waals surface area contributed by atoms with E-state index in [4.69, 9.17) is 5.41 Å². The van der Waals surface area contributed by atoms with Gasteiger partial charge in [-0.3, -0.25) is 5.41 Å². The van der Waals surface area contributed by atoms with Crippen molar-refractivity contribution in [2.45, 2.75) is 32.9 Å². The second kappa shape index (κ2) is 3.82. The topological polar surface area (TPSA) is 44.9 Å². The minimum absolute atomic E-state index is 0.760. The van der Waals surface area contributed by atoms with Crippen LogP contribution in [0, 0.1) is 5.41 Å². The molecule has 1 aromatic heterocycles. The predicted octanol–water partition coefficient (Wildman–Crippen LogP) is 1.48. The summed E-state index contributed by atoms with van der Waals surface area (Å²) in [7, 11) is 0. The molecule has 1 saturated heterocycles. The Balaban J connectivity index is 2.06. The van der Waals surface area contributed by atoms with Crippen LogP contribution in [0.2, 0.25) is 0 Å². The van der Waals surface area contributed by atoms with Gasteiger partial charge in [0.1, 0.15) is 5.82 Å². The summed E-state index contributed by atoms with van der Waals surface area (Å²) in [5, 5.41) is 7.72. The minimum atomic E-state index is 0.760. The number of likely N-dealkylation sites (tertiary alicyclic amines) is 1. The van der Waals surface area contributed by atoms with Crippen molar-refractivity contribution in [2.24, 2.45) is 0 Å². The van der Waals surface area contributed by atoms with Gasteiger partial charge in [-0.2, -0.15) is 0 Å². The average Bonchev–Trinajstić information content (AvgIpc) is 2.77. The molecule has 0 radical (unpaired) electrons. The van der Waals surface area contributed by atoms with Gasteiger partial charge in [0.2, 0.25) is 0 Å². The van der Waals surface area contributed by atoms with Crippen LogP contribution in [0.5, 0.6) is 0 Å². The Bertz CT molecular complexity index is 329. The molecule has 0 bridgehead atoms. The van der Waals surface area contributed by atoms with Crippen molar-refractivity contribution in [3.05, 3.63) is 18.2 Å². The highest BCUT2D eigenvalue weighted by Crippen LogP contribution is 2.13. The molecule has 1 N–H and O–H groups in total. The maximum Gasteiger partial charge on any atom is 0.128 e. The van der Waals surface area contributed by atoms with E-state index in [1.807, 2.05) is 12.4 Å². The molecule has 0 atom stereocenters. The van der Waals surface area contributed by atoms with Crippen LogP contribution in [0.4, 0.5) is 0 Å². The second-order valence-electron chi connectivity index (χ2n) is 3.60. The molecule has 1 aromatic rings. The summed E-state index contributed by atoms with van der Waals surface area (Å²) in [6, 6.07) is 0. The van der Waals surface area contributed by atoms with Crippen molar-refractivity contribution < 1.29 is 0 Å². The summed E-state index contributed by atoms with van der Waals surface area (Å²) < 4.78 is 2.13. The number of nitrogens with one attached hydrogen (secondary N) is 1. The lowest BCUT2D eigenvalue weighted by Crippen LogP contribution is -2.25. The first kappa shape index (κ1) is 9.24. The molecule has 0 unspecified atom stereocenters. The third-order valence-corrected chi connectivity index (χ3v) is 2.70. The van der Waals surface area contributed by atoms with E-state index in [-0.39, 0.29) is 0 Å². The van der Waals surface area contributed by atoms with E-state index in [1.54, 1.807) is 0 Å². The molecule has 2 heterocycles. The van der Waals surface area contributed by atoms with Crippen molar-refractivity contribution in [2.75, 3.05) is 6.54 Å². The fraction of sp³-hybridized carbons (Fsp3) is 0.600. The van der Waals surface area contributed by atoms with Gasteiger partial charge in [0, 0.05) is 31.9 Å². The zero-order chi connectivity index (χ0) is 9.97. The monoisotopic (exact) mass is 192 g/mol. The van der Waals surface area contributed by atoms with Crippen molar-refractivity contribution in [1.82, 2.24) is 14.5 Å². The summed E-state index contributed by atoms with van der Waals surface area (Å²) >= 11 is 0. The van der Waals surface area contributed by atoms with Gasteiger partial charge >= 0.3 is 0 Å². The quantitative estimate of drug-likeness (QED) is 0.788. The molecule has 14 heavy (non-hydrogen) atoms. The molecule has 0 saturated carbocycles. The fourth-order valence-electron chi connectivity index (χ4n) is 1.86. The molecule has 1 aliphatic heterocycles. The Hall–Kier alpha value is -1.32. The van der Waals surface area contributed by atoms with Crippen LogP contribution >= 0.6 is 0 Å². The maximum absolute atomic E-state index is 7.72. The van der Waals surface area contributed by atoms with Gasteiger partial charge in [-0.1, -0.05) is 0 Å². The molecule has 4 nitrogen and oxygen atoms in total. The molecule has 1 aliphatic rings. The average molecular weight is 192 g/mol. The Morgan fingerprint density at radius 1 is 1.57 bits per heavy atom. The number of rotatable bonds is 3. The highest BCUT2D eigenvalue weighted by atomic mass is 15.2. The van der Waals surface area contributed by atoms with E-state index < -0.39 is 0 Å². The van der Waals surface area contributed by atoms with Crippen molar-refractivity contribution in [3.8, 4) is 0 Å². The predicted molar refractivity (Wildman–Crippen MR) is 55.3 cm³/mol. The first-order chi connectivity index (χ1) is 6.81. The highest BCUT2D eigenvalue weighted by Gasteiger charge is 2.18. The first-order valence-electron chi connectivity index (χ1n) is 5.13. The minimum Gasteiger partial charge on any atom is -0.353 e. The van der Waals surface area contributed by atoms with Gasteiger partial charge in [-0.05, 0) is 13.3 Å². The molecule has 1 fully saturated rings. The second-order valence-corrected chi connectivity index (χ2v) is 3.60. The lowest BCUT2D eigenvalue weighted by molar-refractivity contribution is 0.422. The van der Waals surface area contributed by atoms with Crippen LogP contribution in [0.25, 0.3) is 0 Å². The molecule has 0 aromatic carbocycles. The van der Waals surface area contributed by atoms with Crippen LogP contribution in [-0.4, -0.2) is 26.8 Å². The Labute approximate surface area is 84.1 Å². The summed E-state index contributed by atoms with van der Waals surface area (Å²) in [6.45, 7) is 4.87. The number of aryl methyl sites for hydroxylation is 1. The van der Waals surface area contributed by atoms with Gasteiger partial charge in [-0.15, -0.1) is 0 Å². The fourth-order valence-corrected chi connectivity index (χ4v) is 1.86. The molecular formula is C10H16N4. The molecular weight excluding hydrogens is 176 g/mol. The van der Waals surface area contributed by atoms with Crippen LogP contribution in [0.3, 0.4) is 0 Å².